The Morgan fingerprint density at radius 3 is 2.81 bits per heavy atom. The van der Waals surface area contributed by atoms with E-state index in [1.165, 1.54) is 0 Å². The van der Waals surface area contributed by atoms with Gasteiger partial charge in [-0.2, -0.15) is 0 Å². The molecular formula is C13H19NO2. The SMILES string of the molecule is CC(C)NC1CCc2c(O)cccc2C1O. The van der Waals surface area contributed by atoms with E-state index in [1.807, 2.05) is 6.07 Å². The molecule has 0 heterocycles. The Labute approximate surface area is 96.1 Å². The monoisotopic (exact) mass is 221 g/mol. The third-order valence-corrected chi connectivity index (χ3v) is 3.14. The molecule has 0 saturated heterocycles. The summed E-state index contributed by atoms with van der Waals surface area (Å²) in [6, 6.07) is 5.82. The number of aromatic hydroxyl groups is 1. The van der Waals surface area contributed by atoms with E-state index in [4.69, 9.17) is 0 Å². The van der Waals surface area contributed by atoms with E-state index in [1.54, 1.807) is 12.1 Å². The van der Waals surface area contributed by atoms with Crippen LogP contribution in [0.3, 0.4) is 0 Å². The second-order valence-corrected chi connectivity index (χ2v) is 4.76. The predicted molar refractivity (Wildman–Crippen MR) is 63.4 cm³/mol. The minimum absolute atomic E-state index is 0.0919. The lowest BCUT2D eigenvalue weighted by molar-refractivity contribution is 0.110. The summed E-state index contributed by atoms with van der Waals surface area (Å²) in [5, 5.41) is 23.3. The summed E-state index contributed by atoms with van der Waals surface area (Å²) in [5.41, 5.74) is 1.77. The molecule has 3 nitrogen and oxygen atoms in total. The van der Waals surface area contributed by atoms with E-state index in [2.05, 4.69) is 19.2 Å². The second kappa shape index (κ2) is 4.44. The molecule has 2 atom stereocenters. The van der Waals surface area contributed by atoms with Crippen molar-refractivity contribution in [1.29, 1.82) is 0 Å². The Hall–Kier alpha value is -1.06. The second-order valence-electron chi connectivity index (χ2n) is 4.76. The normalized spacial score (nSPS) is 24.5. The van der Waals surface area contributed by atoms with Crippen LogP contribution in [-0.2, 0) is 6.42 Å². The molecule has 0 amide bonds. The smallest absolute Gasteiger partial charge is 0.119 e. The van der Waals surface area contributed by atoms with Crippen LogP contribution in [0.25, 0.3) is 0 Å². The fraction of sp³-hybridized carbons (Fsp3) is 0.538. The Kier molecular flexibility index (Phi) is 3.17. The molecule has 0 aromatic heterocycles. The summed E-state index contributed by atoms with van der Waals surface area (Å²) in [5.74, 6) is 0.305. The first kappa shape index (κ1) is 11.4. The van der Waals surface area contributed by atoms with Crippen molar-refractivity contribution in [3.63, 3.8) is 0 Å². The first-order chi connectivity index (χ1) is 7.59. The summed E-state index contributed by atoms with van der Waals surface area (Å²) in [4.78, 5) is 0. The third kappa shape index (κ3) is 2.06. The molecule has 3 N–H and O–H groups in total. The number of fused-ring (bicyclic) bond motifs is 1. The van der Waals surface area contributed by atoms with Crippen molar-refractivity contribution in [2.75, 3.05) is 0 Å². The van der Waals surface area contributed by atoms with Crippen molar-refractivity contribution in [3.05, 3.63) is 29.3 Å². The van der Waals surface area contributed by atoms with Gasteiger partial charge in [-0.05, 0) is 30.0 Å². The van der Waals surface area contributed by atoms with Gasteiger partial charge in [0.2, 0.25) is 0 Å². The molecule has 0 saturated carbocycles. The number of aliphatic hydroxyl groups is 1. The molecule has 1 aliphatic carbocycles. The summed E-state index contributed by atoms with van der Waals surface area (Å²) >= 11 is 0. The van der Waals surface area contributed by atoms with Crippen LogP contribution in [0.15, 0.2) is 18.2 Å². The van der Waals surface area contributed by atoms with Crippen LogP contribution in [-0.4, -0.2) is 22.3 Å². The highest BCUT2D eigenvalue weighted by Gasteiger charge is 2.29. The van der Waals surface area contributed by atoms with Crippen LogP contribution in [0.4, 0.5) is 0 Å². The average Bonchev–Trinajstić information content (AvgIpc) is 2.23. The van der Waals surface area contributed by atoms with Gasteiger partial charge in [0.05, 0.1) is 6.10 Å². The zero-order valence-electron chi connectivity index (χ0n) is 9.77. The van der Waals surface area contributed by atoms with E-state index in [-0.39, 0.29) is 6.04 Å². The molecular weight excluding hydrogens is 202 g/mol. The highest BCUT2D eigenvalue weighted by atomic mass is 16.3. The summed E-state index contributed by atoms with van der Waals surface area (Å²) in [7, 11) is 0. The van der Waals surface area contributed by atoms with E-state index < -0.39 is 6.10 Å². The Bertz CT molecular complexity index is 376. The summed E-state index contributed by atoms with van der Waals surface area (Å²) in [6.07, 6.45) is 1.17. The van der Waals surface area contributed by atoms with Gasteiger partial charge in [-0.3, -0.25) is 0 Å². The fourth-order valence-corrected chi connectivity index (χ4v) is 2.42. The fourth-order valence-electron chi connectivity index (χ4n) is 2.42. The van der Waals surface area contributed by atoms with Gasteiger partial charge in [-0.15, -0.1) is 0 Å². The van der Waals surface area contributed by atoms with Crippen molar-refractivity contribution in [2.24, 2.45) is 0 Å². The minimum Gasteiger partial charge on any atom is -0.508 e. The Morgan fingerprint density at radius 1 is 1.38 bits per heavy atom. The highest BCUT2D eigenvalue weighted by molar-refractivity contribution is 5.42. The molecule has 0 fully saturated rings. The van der Waals surface area contributed by atoms with Gasteiger partial charge in [-0.1, -0.05) is 26.0 Å². The van der Waals surface area contributed by atoms with Crippen LogP contribution in [0.2, 0.25) is 0 Å². The van der Waals surface area contributed by atoms with Gasteiger partial charge >= 0.3 is 0 Å². The van der Waals surface area contributed by atoms with Gasteiger partial charge in [0.15, 0.2) is 0 Å². The van der Waals surface area contributed by atoms with Crippen LogP contribution >= 0.6 is 0 Å². The average molecular weight is 221 g/mol. The third-order valence-electron chi connectivity index (χ3n) is 3.14. The number of benzene rings is 1. The maximum Gasteiger partial charge on any atom is 0.119 e. The van der Waals surface area contributed by atoms with E-state index in [0.717, 1.165) is 24.0 Å². The van der Waals surface area contributed by atoms with Crippen molar-refractivity contribution in [2.45, 2.75) is 44.9 Å². The Balaban J connectivity index is 2.25. The molecule has 3 heteroatoms. The lowest BCUT2D eigenvalue weighted by Gasteiger charge is -2.32. The molecule has 0 radical (unpaired) electrons. The first-order valence-corrected chi connectivity index (χ1v) is 5.84. The van der Waals surface area contributed by atoms with Gasteiger partial charge in [0.25, 0.3) is 0 Å². The molecule has 0 bridgehead atoms. The first-order valence-electron chi connectivity index (χ1n) is 5.84. The molecule has 0 spiro atoms. The zero-order chi connectivity index (χ0) is 11.7. The lowest BCUT2D eigenvalue weighted by Crippen LogP contribution is -2.41. The van der Waals surface area contributed by atoms with Gasteiger partial charge in [-0.25, -0.2) is 0 Å². The predicted octanol–water partition coefficient (Wildman–Crippen LogP) is 1.74. The maximum atomic E-state index is 10.2. The molecule has 1 aromatic rings. The maximum absolute atomic E-state index is 10.2. The van der Waals surface area contributed by atoms with Crippen LogP contribution in [0, 0.1) is 0 Å². The molecule has 16 heavy (non-hydrogen) atoms. The minimum atomic E-state index is -0.516. The van der Waals surface area contributed by atoms with Crippen LogP contribution in [0.5, 0.6) is 5.75 Å². The van der Waals surface area contributed by atoms with Crippen molar-refractivity contribution < 1.29 is 10.2 Å². The van der Waals surface area contributed by atoms with Crippen LogP contribution < -0.4 is 5.32 Å². The molecule has 88 valence electrons. The zero-order valence-corrected chi connectivity index (χ0v) is 9.77. The quantitative estimate of drug-likeness (QED) is 0.713. The van der Waals surface area contributed by atoms with E-state index >= 15 is 0 Å². The van der Waals surface area contributed by atoms with E-state index in [0.29, 0.717) is 11.8 Å². The number of phenols is 1. The molecule has 2 rings (SSSR count). The molecule has 1 aromatic carbocycles. The molecule has 0 aliphatic heterocycles. The molecule has 2 unspecified atom stereocenters. The number of aliphatic hydroxyl groups excluding tert-OH is 1. The number of phenolic OH excluding ortho intramolecular Hbond substituents is 1. The number of hydrogen-bond donors (Lipinski definition) is 3. The number of hydrogen-bond acceptors (Lipinski definition) is 3. The van der Waals surface area contributed by atoms with Crippen molar-refractivity contribution in [1.82, 2.24) is 5.32 Å². The van der Waals surface area contributed by atoms with Gasteiger partial charge < -0.3 is 15.5 Å². The van der Waals surface area contributed by atoms with Crippen molar-refractivity contribution >= 4 is 0 Å². The van der Waals surface area contributed by atoms with E-state index in [9.17, 15) is 10.2 Å². The summed E-state index contributed by atoms with van der Waals surface area (Å²) < 4.78 is 0. The summed E-state index contributed by atoms with van der Waals surface area (Å²) in [6.45, 7) is 4.15. The number of rotatable bonds is 2. The lowest BCUT2D eigenvalue weighted by atomic mass is 9.85. The molecule has 1 aliphatic rings. The number of nitrogens with one attached hydrogen (secondary N) is 1. The topological polar surface area (TPSA) is 52.5 Å². The van der Waals surface area contributed by atoms with Crippen LogP contribution in [0.1, 0.15) is 37.5 Å². The largest absolute Gasteiger partial charge is 0.508 e. The van der Waals surface area contributed by atoms with Gasteiger partial charge in [0, 0.05) is 12.1 Å². The highest BCUT2D eigenvalue weighted by Crippen LogP contribution is 2.34. The van der Waals surface area contributed by atoms with Gasteiger partial charge in [0.1, 0.15) is 5.75 Å². The Morgan fingerprint density at radius 2 is 2.12 bits per heavy atom. The van der Waals surface area contributed by atoms with Crippen molar-refractivity contribution in [3.8, 4) is 5.75 Å². The standard InChI is InChI=1S/C13H19NO2/c1-8(2)14-11-7-6-9-10(13(11)16)4-3-5-12(9)15/h3-5,8,11,13-16H,6-7H2,1-2H3.